The van der Waals surface area contributed by atoms with Crippen LogP contribution in [0.3, 0.4) is 0 Å². The maximum atomic E-state index is 4.83. The van der Waals surface area contributed by atoms with Gasteiger partial charge in [0.15, 0.2) is 0 Å². The molecular weight excluding hydrogens is 140 g/mol. The van der Waals surface area contributed by atoms with Gasteiger partial charge in [-0.1, -0.05) is 0 Å². The maximum absolute atomic E-state index is 4.83. The van der Waals surface area contributed by atoms with Crippen LogP contribution in [0, 0.1) is 6.92 Å². The van der Waals surface area contributed by atoms with Crippen molar-refractivity contribution < 1.29 is 21.5 Å². The van der Waals surface area contributed by atoms with Crippen LogP contribution in [-0.2, 0) is 17.1 Å². The first-order chi connectivity index (χ1) is 2.89. The fraction of sp³-hybridized carbons (Fsp3) is 0.200. The smallest absolute Gasteiger partial charge is 0.100 e. The van der Waals surface area contributed by atoms with E-state index in [0.29, 0.717) is 0 Å². The molecule has 0 saturated heterocycles. The summed E-state index contributed by atoms with van der Waals surface area (Å²) in [4.78, 5) is 0. The van der Waals surface area contributed by atoms with E-state index in [9.17, 15) is 0 Å². The summed E-state index contributed by atoms with van der Waals surface area (Å²) in [7, 11) is 0. The summed E-state index contributed by atoms with van der Waals surface area (Å²) in [5.41, 5.74) is 0. The Morgan fingerprint density at radius 2 is 2.29 bits per heavy atom. The molecule has 0 aliphatic carbocycles. The molecule has 0 N–H and O–H groups in total. The van der Waals surface area contributed by atoms with E-state index in [1.807, 2.05) is 19.1 Å². The third kappa shape index (κ3) is 1.81. The summed E-state index contributed by atoms with van der Waals surface area (Å²) < 4.78 is 4.83. The number of aryl methyl sites for hydroxylation is 1. The first-order valence-corrected chi connectivity index (χ1v) is 1.90. The SMILES string of the molecule is Cc1ccco1.[Cu]. The van der Waals surface area contributed by atoms with Gasteiger partial charge in [-0.05, 0) is 19.1 Å². The molecule has 0 bridgehead atoms. The normalized spacial score (nSPS) is 7.57. The minimum absolute atomic E-state index is 0. The molecule has 0 unspecified atom stereocenters. The molecule has 0 spiro atoms. The Labute approximate surface area is 53.2 Å². The van der Waals surface area contributed by atoms with Gasteiger partial charge >= 0.3 is 0 Å². The molecule has 0 fully saturated rings. The van der Waals surface area contributed by atoms with Crippen LogP contribution in [0.4, 0.5) is 0 Å². The Morgan fingerprint density at radius 3 is 2.43 bits per heavy atom. The molecule has 1 rings (SSSR count). The fourth-order valence-corrected chi connectivity index (χ4v) is 0.361. The molecule has 2 heteroatoms. The van der Waals surface area contributed by atoms with Crippen LogP contribution in [-0.4, -0.2) is 0 Å². The van der Waals surface area contributed by atoms with Crippen molar-refractivity contribution >= 4 is 0 Å². The summed E-state index contributed by atoms with van der Waals surface area (Å²) in [6.45, 7) is 1.92. The Balaban J connectivity index is 0.000000360. The van der Waals surface area contributed by atoms with E-state index in [1.54, 1.807) is 6.26 Å². The third-order valence-corrected chi connectivity index (χ3v) is 0.663. The quantitative estimate of drug-likeness (QED) is 0.506. The van der Waals surface area contributed by atoms with Crippen molar-refractivity contribution in [3.63, 3.8) is 0 Å². The van der Waals surface area contributed by atoms with E-state index in [-0.39, 0.29) is 17.1 Å². The average Bonchev–Trinajstić information content (AvgIpc) is 1.86. The van der Waals surface area contributed by atoms with Crippen LogP contribution in [0.2, 0.25) is 0 Å². The average molecular weight is 146 g/mol. The van der Waals surface area contributed by atoms with Gasteiger partial charge in [0.05, 0.1) is 6.26 Å². The minimum Gasteiger partial charge on any atom is -0.470 e. The predicted molar refractivity (Wildman–Crippen MR) is 23.4 cm³/mol. The van der Waals surface area contributed by atoms with Crippen LogP contribution in [0.15, 0.2) is 22.8 Å². The Morgan fingerprint density at radius 1 is 1.57 bits per heavy atom. The molecule has 7 heavy (non-hydrogen) atoms. The van der Waals surface area contributed by atoms with Crippen molar-refractivity contribution in [1.82, 2.24) is 0 Å². The second-order valence-electron chi connectivity index (χ2n) is 1.22. The van der Waals surface area contributed by atoms with Crippen molar-refractivity contribution in [1.29, 1.82) is 0 Å². The summed E-state index contributed by atoms with van der Waals surface area (Å²) in [6, 6.07) is 3.79. The molecule has 0 aromatic carbocycles. The Hall–Kier alpha value is -0.201. The molecule has 0 aliphatic rings. The molecule has 1 radical (unpaired) electrons. The van der Waals surface area contributed by atoms with E-state index in [1.165, 1.54) is 0 Å². The van der Waals surface area contributed by atoms with Crippen molar-refractivity contribution in [2.45, 2.75) is 6.92 Å². The predicted octanol–water partition coefficient (Wildman–Crippen LogP) is 1.59. The van der Waals surface area contributed by atoms with E-state index in [0.717, 1.165) is 5.76 Å². The van der Waals surface area contributed by atoms with Crippen LogP contribution >= 0.6 is 0 Å². The van der Waals surface area contributed by atoms with Crippen molar-refractivity contribution in [3.8, 4) is 0 Å². The largest absolute Gasteiger partial charge is 0.470 e. The summed E-state index contributed by atoms with van der Waals surface area (Å²) in [5.74, 6) is 0.968. The monoisotopic (exact) mass is 145 g/mol. The van der Waals surface area contributed by atoms with Gasteiger partial charge in [0.25, 0.3) is 0 Å². The van der Waals surface area contributed by atoms with Crippen LogP contribution in [0.5, 0.6) is 0 Å². The number of rotatable bonds is 0. The van der Waals surface area contributed by atoms with E-state index < -0.39 is 0 Å². The van der Waals surface area contributed by atoms with E-state index in [2.05, 4.69) is 0 Å². The Bertz CT molecular complexity index is 112. The molecule has 1 aromatic heterocycles. The summed E-state index contributed by atoms with van der Waals surface area (Å²) in [6.07, 6.45) is 1.66. The van der Waals surface area contributed by atoms with Gasteiger partial charge in [-0.25, -0.2) is 0 Å². The zero-order valence-electron chi connectivity index (χ0n) is 3.94. The molecule has 0 amide bonds. The minimum atomic E-state index is 0. The van der Waals surface area contributed by atoms with Crippen LogP contribution in [0.1, 0.15) is 5.76 Å². The number of furan rings is 1. The van der Waals surface area contributed by atoms with Gasteiger partial charge in [0, 0.05) is 17.1 Å². The van der Waals surface area contributed by atoms with Gasteiger partial charge in [-0.3, -0.25) is 0 Å². The van der Waals surface area contributed by atoms with E-state index >= 15 is 0 Å². The number of hydrogen-bond donors (Lipinski definition) is 0. The standard InChI is InChI=1S/C5H6O.Cu/c1-5-3-2-4-6-5;/h2-4H,1H3;. The molecule has 0 aliphatic heterocycles. The molecule has 0 atom stereocenters. The van der Waals surface area contributed by atoms with Crippen LogP contribution in [0.25, 0.3) is 0 Å². The van der Waals surface area contributed by atoms with Gasteiger partial charge in [0.2, 0.25) is 0 Å². The van der Waals surface area contributed by atoms with Crippen molar-refractivity contribution in [3.05, 3.63) is 24.2 Å². The van der Waals surface area contributed by atoms with Gasteiger partial charge < -0.3 is 4.42 Å². The zero-order chi connectivity index (χ0) is 4.41. The topological polar surface area (TPSA) is 13.1 Å². The van der Waals surface area contributed by atoms with Gasteiger partial charge in [-0.2, -0.15) is 0 Å². The molecule has 1 aromatic rings. The third-order valence-electron chi connectivity index (χ3n) is 0.663. The zero-order valence-corrected chi connectivity index (χ0v) is 4.88. The maximum Gasteiger partial charge on any atom is 0.100 e. The molecule has 1 heterocycles. The molecule has 0 saturated carbocycles. The Kier molecular flexibility index (Phi) is 2.81. The first-order valence-electron chi connectivity index (χ1n) is 1.90. The molecule has 1 nitrogen and oxygen atoms in total. The second kappa shape index (κ2) is 2.89. The fourth-order valence-electron chi connectivity index (χ4n) is 0.361. The van der Waals surface area contributed by atoms with Crippen molar-refractivity contribution in [2.24, 2.45) is 0 Å². The summed E-state index contributed by atoms with van der Waals surface area (Å²) in [5, 5.41) is 0. The second-order valence-corrected chi connectivity index (χ2v) is 1.22. The van der Waals surface area contributed by atoms with Gasteiger partial charge in [-0.15, -0.1) is 0 Å². The van der Waals surface area contributed by atoms with E-state index in [4.69, 9.17) is 4.42 Å². The van der Waals surface area contributed by atoms with Crippen molar-refractivity contribution in [2.75, 3.05) is 0 Å². The first kappa shape index (κ1) is 6.80. The van der Waals surface area contributed by atoms with Crippen LogP contribution < -0.4 is 0 Å². The molecular formula is C5H6CuO. The van der Waals surface area contributed by atoms with Gasteiger partial charge in [0.1, 0.15) is 5.76 Å². The molecule has 43 valence electrons. The summed E-state index contributed by atoms with van der Waals surface area (Å²) >= 11 is 0. The number of hydrogen-bond acceptors (Lipinski definition) is 1.